The highest BCUT2D eigenvalue weighted by Gasteiger charge is 2.44. The molecule has 2 aromatic rings. The topological polar surface area (TPSA) is 69.2 Å². The molecule has 2 N–H and O–H groups in total. The molecule has 1 aliphatic carbocycles. The number of guanidine groups is 1. The average Bonchev–Trinajstić information content (AvgIpc) is 3.26. The number of aliphatic imine (C=N–C) groups is 1. The van der Waals surface area contributed by atoms with E-state index in [0.717, 1.165) is 62.7 Å². The maximum Gasteiger partial charge on any atom is 0.193 e. The summed E-state index contributed by atoms with van der Waals surface area (Å²) in [6, 6.07) is 7.00. The highest BCUT2D eigenvalue weighted by molar-refractivity contribution is 14.0. The molecule has 0 bridgehead atoms. The summed E-state index contributed by atoms with van der Waals surface area (Å²) >= 11 is 0. The zero-order valence-electron chi connectivity index (χ0n) is 15.5. The van der Waals surface area contributed by atoms with Gasteiger partial charge in [-0.2, -0.15) is 5.10 Å². The fraction of sp³-hybridized carbons (Fsp3) is 0.526. The summed E-state index contributed by atoms with van der Waals surface area (Å²) in [6.07, 6.45) is 5.82. The predicted molar refractivity (Wildman–Crippen MR) is 114 cm³/mol. The van der Waals surface area contributed by atoms with Gasteiger partial charge in [0, 0.05) is 38.0 Å². The van der Waals surface area contributed by atoms with Crippen LogP contribution >= 0.6 is 24.0 Å². The van der Waals surface area contributed by atoms with Gasteiger partial charge in [0.2, 0.25) is 0 Å². The normalized spacial score (nSPS) is 19.5. The van der Waals surface area contributed by atoms with Crippen LogP contribution in [0.2, 0.25) is 0 Å². The SMILES string of the molecule is CN=C(NCC1(c2cccc(F)c2)CC1)N1CCC(c2ncn[nH]2)CC1.I. The number of piperidine rings is 1. The second-order valence-corrected chi connectivity index (χ2v) is 7.32. The van der Waals surface area contributed by atoms with Crippen molar-refractivity contribution in [3.63, 3.8) is 0 Å². The third kappa shape index (κ3) is 4.41. The van der Waals surface area contributed by atoms with Crippen LogP contribution in [0.1, 0.15) is 43.0 Å². The monoisotopic (exact) mass is 484 g/mol. The number of halogens is 2. The van der Waals surface area contributed by atoms with Gasteiger partial charge in [-0.25, -0.2) is 9.37 Å². The molecule has 4 rings (SSSR count). The van der Waals surface area contributed by atoms with Crippen molar-refractivity contribution < 1.29 is 4.39 Å². The van der Waals surface area contributed by atoms with Crippen LogP contribution in [0.25, 0.3) is 0 Å². The van der Waals surface area contributed by atoms with E-state index in [-0.39, 0.29) is 35.2 Å². The molecule has 6 nitrogen and oxygen atoms in total. The molecule has 0 spiro atoms. The minimum absolute atomic E-state index is 0. The predicted octanol–water partition coefficient (Wildman–Crippen LogP) is 3.05. The van der Waals surface area contributed by atoms with Crippen LogP contribution in [0, 0.1) is 5.82 Å². The van der Waals surface area contributed by atoms with Crippen molar-refractivity contribution in [2.45, 2.75) is 37.0 Å². The van der Waals surface area contributed by atoms with Crippen molar-refractivity contribution in [1.29, 1.82) is 0 Å². The van der Waals surface area contributed by atoms with Gasteiger partial charge in [0.25, 0.3) is 0 Å². The Morgan fingerprint density at radius 3 is 2.74 bits per heavy atom. The molecule has 1 saturated heterocycles. The summed E-state index contributed by atoms with van der Waals surface area (Å²) in [6.45, 7) is 2.68. The van der Waals surface area contributed by atoms with Gasteiger partial charge in [0.15, 0.2) is 5.96 Å². The van der Waals surface area contributed by atoms with E-state index >= 15 is 0 Å². The molecule has 1 saturated carbocycles. The van der Waals surface area contributed by atoms with Crippen LogP contribution in [0.15, 0.2) is 35.6 Å². The van der Waals surface area contributed by atoms with Gasteiger partial charge in [-0.1, -0.05) is 12.1 Å². The Morgan fingerprint density at radius 1 is 1.37 bits per heavy atom. The van der Waals surface area contributed by atoms with Gasteiger partial charge in [-0.15, -0.1) is 24.0 Å². The number of benzene rings is 1. The lowest BCUT2D eigenvalue weighted by molar-refractivity contribution is 0.298. The molecule has 0 amide bonds. The van der Waals surface area contributed by atoms with E-state index in [4.69, 9.17) is 0 Å². The molecule has 0 unspecified atom stereocenters. The van der Waals surface area contributed by atoms with Crippen LogP contribution < -0.4 is 5.32 Å². The van der Waals surface area contributed by atoms with E-state index in [2.05, 4.69) is 30.4 Å². The molecule has 1 aromatic carbocycles. The van der Waals surface area contributed by atoms with Gasteiger partial charge in [-0.3, -0.25) is 10.1 Å². The number of aromatic nitrogens is 3. The number of H-pyrrole nitrogens is 1. The average molecular weight is 484 g/mol. The molecular weight excluding hydrogens is 458 g/mol. The van der Waals surface area contributed by atoms with Crippen molar-refractivity contribution in [2.24, 2.45) is 4.99 Å². The number of hydrogen-bond acceptors (Lipinski definition) is 3. The summed E-state index contributed by atoms with van der Waals surface area (Å²) in [7, 11) is 1.83. The van der Waals surface area contributed by atoms with Crippen molar-refractivity contribution in [3.05, 3.63) is 47.8 Å². The fourth-order valence-electron chi connectivity index (χ4n) is 3.89. The first-order chi connectivity index (χ1) is 12.7. The largest absolute Gasteiger partial charge is 0.355 e. The van der Waals surface area contributed by atoms with E-state index in [0.29, 0.717) is 5.92 Å². The smallest absolute Gasteiger partial charge is 0.193 e. The van der Waals surface area contributed by atoms with E-state index in [1.165, 1.54) is 6.07 Å². The molecule has 1 aromatic heterocycles. The van der Waals surface area contributed by atoms with Crippen LogP contribution in [0.4, 0.5) is 4.39 Å². The van der Waals surface area contributed by atoms with E-state index in [1.54, 1.807) is 18.5 Å². The highest BCUT2D eigenvalue weighted by atomic mass is 127. The Kier molecular flexibility index (Phi) is 6.33. The lowest BCUT2D eigenvalue weighted by atomic mass is 9.95. The maximum absolute atomic E-state index is 13.6. The molecule has 0 atom stereocenters. The number of likely N-dealkylation sites (tertiary alicyclic amines) is 1. The van der Waals surface area contributed by atoms with Gasteiger partial charge in [0.1, 0.15) is 18.0 Å². The third-order valence-electron chi connectivity index (χ3n) is 5.70. The summed E-state index contributed by atoms with van der Waals surface area (Å²) in [4.78, 5) is 11.0. The second-order valence-electron chi connectivity index (χ2n) is 7.32. The molecule has 2 fully saturated rings. The van der Waals surface area contributed by atoms with Crippen LogP contribution in [0.3, 0.4) is 0 Å². The van der Waals surface area contributed by atoms with E-state index in [9.17, 15) is 4.39 Å². The molecule has 1 aliphatic heterocycles. The minimum atomic E-state index is -0.160. The van der Waals surface area contributed by atoms with Gasteiger partial charge >= 0.3 is 0 Å². The number of nitrogens with zero attached hydrogens (tertiary/aromatic N) is 4. The lowest BCUT2D eigenvalue weighted by Crippen LogP contribution is -2.47. The quantitative estimate of drug-likeness (QED) is 0.398. The zero-order chi connectivity index (χ0) is 18.0. The van der Waals surface area contributed by atoms with Gasteiger partial charge < -0.3 is 10.2 Å². The molecule has 27 heavy (non-hydrogen) atoms. The Morgan fingerprint density at radius 2 is 2.15 bits per heavy atom. The maximum atomic E-state index is 13.6. The second kappa shape index (κ2) is 8.53. The van der Waals surface area contributed by atoms with Crippen LogP contribution in [-0.2, 0) is 5.41 Å². The summed E-state index contributed by atoms with van der Waals surface area (Å²) in [5, 5.41) is 10.5. The van der Waals surface area contributed by atoms with Gasteiger partial charge in [0.05, 0.1) is 0 Å². The fourth-order valence-corrected chi connectivity index (χ4v) is 3.89. The van der Waals surface area contributed by atoms with Crippen molar-refractivity contribution in [1.82, 2.24) is 25.4 Å². The molecular formula is C19H26FIN6. The Bertz CT molecular complexity index is 766. The number of rotatable bonds is 4. The molecule has 2 heterocycles. The molecule has 0 radical (unpaired) electrons. The molecule has 146 valence electrons. The van der Waals surface area contributed by atoms with Crippen molar-refractivity contribution in [3.8, 4) is 0 Å². The minimum Gasteiger partial charge on any atom is -0.355 e. The van der Waals surface area contributed by atoms with E-state index in [1.807, 2.05) is 13.1 Å². The number of aromatic amines is 1. The molecule has 8 heteroatoms. The first kappa shape index (κ1) is 20.0. The first-order valence-electron chi connectivity index (χ1n) is 9.27. The highest BCUT2D eigenvalue weighted by Crippen LogP contribution is 2.47. The van der Waals surface area contributed by atoms with Crippen LogP contribution in [-0.4, -0.2) is 52.7 Å². The zero-order valence-corrected chi connectivity index (χ0v) is 17.8. The van der Waals surface area contributed by atoms with E-state index < -0.39 is 0 Å². The summed E-state index contributed by atoms with van der Waals surface area (Å²) in [5.74, 6) is 2.20. The standard InChI is InChI=1S/C19H25FN6.HI/c1-21-18(26-9-5-14(6-10-26)17-23-13-24-25-17)22-12-19(7-8-19)15-3-2-4-16(20)11-15;/h2-4,11,13-14H,5-10,12H2,1H3,(H,21,22)(H,23,24,25);1H. The summed E-state index contributed by atoms with van der Waals surface area (Å²) < 4.78 is 13.6. The molecule has 2 aliphatic rings. The Labute approximate surface area is 176 Å². The first-order valence-corrected chi connectivity index (χ1v) is 9.27. The summed E-state index contributed by atoms with van der Waals surface area (Å²) in [5.41, 5.74) is 1.14. The Balaban J connectivity index is 0.00000210. The van der Waals surface area contributed by atoms with Crippen molar-refractivity contribution >= 4 is 29.9 Å². The number of hydrogen-bond donors (Lipinski definition) is 2. The van der Waals surface area contributed by atoms with Crippen LogP contribution in [0.5, 0.6) is 0 Å². The Hall–Kier alpha value is -1.71. The number of nitrogens with one attached hydrogen (secondary N) is 2. The van der Waals surface area contributed by atoms with Crippen molar-refractivity contribution in [2.75, 3.05) is 26.7 Å². The lowest BCUT2D eigenvalue weighted by Gasteiger charge is -2.34. The third-order valence-corrected chi connectivity index (χ3v) is 5.70. The van der Waals surface area contributed by atoms with Gasteiger partial charge in [-0.05, 0) is 43.4 Å².